The van der Waals surface area contributed by atoms with E-state index in [4.69, 9.17) is 10.7 Å². The zero-order valence-electron chi connectivity index (χ0n) is 16.8. The van der Waals surface area contributed by atoms with Crippen LogP contribution < -0.4 is 11.3 Å². The molecule has 5 nitrogen and oxygen atoms in total. The predicted molar refractivity (Wildman–Crippen MR) is 118 cm³/mol. The molecule has 5 heteroatoms. The van der Waals surface area contributed by atoms with Crippen molar-refractivity contribution in [3.63, 3.8) is 0 Å². The van der Waals surface area contributed by atoms with Crippen LogP contribution in [-0.4, -0.2) is 21.1 Å². The number of para-hydroxylation sites is 1. The van der Waals surface area contributed by atoms with E-state index in [1.54, 1.807) is 0 Å². The Morgan fingerprint density at radius 2 is 1.97 bits per heavy atom. The fourth-order valence-electron chi connectivity index (χ4n) is 4.82. The first-order valence-electron chi connectivity index (χ1n) is 10.6. The fourth-order valence-corrected chi connectivity index (χ4v) is 4.82. The molecule has 1 aliphatic rings. The van der Waals surface area contributed by atoms with Crippen molar-refractivity contribution in [3.8, 4) is 11.3 Å². The normalized spacial score (nSPS) is 13.4. The largest absolute Gasteiger partial charge is 0.344 e. The van der Waals surface area contributed by atoms with Crippen LogP contribution in [0.5, 0.6) is 0 Å². The Kier molecular flexibility index (Phi) is 4.47. The molecule has 2 aromatic heterocycles. The minimum Gasteiger partial charge on any atom is -0.344 e. The SMILES string of the molecule is CCc1c(-c2nc3cc4c(cc3[nH]c2=O)CCC4)c2ccccc2n1CCCN. The first kappa shape index (κ1) is 18.1. The summed E-state index contributed by atoms with van der Waals surface area (Å²) in [5, 5.41) is 1.08. The van der Waals surface area contributed by atoms with Gasteiger partial charge < -0.3 is 15.3 Å². The maximum Gasteiger partial charge on any atom is 0.275 e. The number of H-pyrrole nitrogens is 1. The van der Waals surface area contributed by atoms with Gasteiger partial charge in [0.25, 0.3) is 5.56 Å². The van der Waals surface area contributed by atoms with Gasteiger partial charge in [-0.05, 0) is 68.0 Å². The van der Waals surface area contributed by atoms with Crippen molar-refractivity contribution in [3.05, 3.63) is 63.6 Å². The molecule has 0 atom stereocenters. The molecule has 0 aliphatic heterocycles. The summed E-state index contributed by atoms with van der Waals surface area (Å²) >= 11 is 0. The second-order valence-corrected chi connectivity index (χ2v) is 7.89. The number of fused-ring (bicyclic) bond motifs is 3. The van der Waals surface area contributed by atoms with E-state index in [-0.39, 0.29) is 5.56 Å². The second kappa shape index (κ2) is 7.16. The molecule has 2 heterocycles. The Morgan fingerprint density at radius 1 is 1.17 bits per heavy atom. The van der Waals surface area contributed by atoms with Gasteiger partial charge in [-0.3, -0.25) is 4.79 Å². The van der Waals surface area contributed by atoms with Crippen LogP contribution in [0.3, 0.4) is 0 Å². The highest BCUT2D eigenvalue weighted by Crippen LogP contribution is 2.34. The zero-order valence-corrected chi connectivity index (χ0v) is 16.8. The minimum absolute atomic E-state index is 0.119. The van der Waals surface area contributed by atoms with Crippen molar-refractivity contribution in [2.45, 2.75) is 45.6 Å². The summed E-state index contributed by atoms with van der Waals surface area (Å²) < 4.78 is 2.31. The third-order valence-electron chi connectivity index (χ3n) is 6.14. The number of hydrogen-bond donors (Lipinski definition) is 2. The van der Waals surface area contributed by atoms with Crippen LogP contribution in [0.4, 0.5) is 0 Å². The molecule has 2 aromatic carbocycles. The van der Waals surface area contributed by atoms with E-state index in [0.29, 0.717) is 12.2 Å². The Balaban J connectivity index is 1.79. The lowest BCUT2D eigenvalue weighted by molar-refractivity contribution is 0.647. The summed E-state index contributed by atoms with van der Waals surface area (Å²) in [6, 6.07) is 12.6. The highest BCUT2D eigenvalue weighted by Gasteiger charge is 2.21. The number of aromatic nitrogens is 3. The van der Waals surface area contributed by atoms with E-state index in [2.05, 4.69) is 40.7 Å². The Morgan fingerprint density at radius 3 is 2.76 bits per heavy atom. The molecule has 0 unspecified atom stereocenters. The van der Waals surface area contributed by atoms with Gasteiger partial charge in [0.05, 0.1) is 11.0 Å². The standard InChI is InChI=1S/C24H26N4O/c1-2-20-22(17-9-3-4-10-21(17)28(20)12-6-11-25)23-24(29)27-19-14-16-8-5-7-15(16)13-18(19)26-23/h3-4,9-10,13-14H,2,5-8,11-12,25H2,1H3,(H,27,29). The summed E-state index contributed by atoms with van der Waals surface area (Å²) in [5.41, 5.74) is 13.9. The number of aromatic amines is 1. The molecule has 0 bridgehead atoms. The first-order chi connectivity index (χ1) is 14.2. The lowest BCUT2D eigenvalue weighted by atomic mass is 10.0. The van der Waals surface area contributed by atoms with E-state index in [1.807, 2.05) is 12.1 Å². The smallest absolute Gasteiger partial charge is 0.275 e. The van der Waals surface area contributed by atoms with Crippen molar-refractivity contribution >= 4 is 21.9 Å². The quantitative estimate of drug-likeness (QED) is 0.545. The third kappa shape index (κ3) is 2.88. The maximum absolute atomic E-state index is 13.1. The van der Waals surface area contributed by atoms with E-state index in [0.717, 1.165) is 65.4 Å². The topological polar surface area (TPSA) is 76.7 Å². The Labute approximate surface area is 169 Å². The van der Waals surface area contributed by atoms with Crippen LogP contribution in [0, 0.1) is 0 Å². The predicted octanol–water partition coefficient (Wildman–Crippen LogP) is 3.94. The molecule has 0 radical (unpaired) electrons. The number of nitrogens with one attached hydrogen (secondary N) is 1. The van der Waals surface area contributed by atoms with Crippen LogP contribution in [0.1, 0.15) is 36.6 Å². The van der Waals surface area contributed by atoms with Crippen molar-refractivity contribution in [2.24, 2.45) is 5.73 Å². The lowest BCUT2D eigenvalue weighted by Gasteiger charge is -2.10. The van der Waals surface area contributed by atoms with Gasteiger partial charge in [0.15, 0.2) is 0 Å². The molecule has 29 heavy (non-hydrogen) atoms. The summed E-state index contributed by atoms with van der Waals surface area (Å²) in [7, 11) is 0. The molecular formula is C24H26N4O. The number of hydrogen-bond acceptors (Lipinski definition) is 3. The molecule has 0 saturated carbocycles. The van der Waals surface area contributed by atoms with Crippen molar-refractivity contribution < 1.29 is 0 Å². The van der Waals surface area contributed by atoms with Gasteiger partial charge in [0.2, 0.25) is 0 Å². The van der Waals surface area contributed by atoms with Crippen molar-refractivity contribution in [1.29, 1.82) is 0 Å². The summed E-state index contributed by atoms with van der Waals surface area (Å²) in [4.78, 5) is 21.1. The van der Waals surface area contributed by atoms with E-state index in [1.165, 1.54) is 17.5 Å². The average molecular weight is 386 g/mol. The number of nitrogens with two attached hydrogens (primary N) is 1. The van der Waals surface area contributed by atoms with Gasteiger partial charge in [-0.1, -0.05) is 25.1 Å². The first-order valence-corrected chi connectivity index (χ1v) is 10.6. The van der Waals surface area contributed by atoms with Crippen molar-refractivity contribution in [2.75, 3.05) is 6.54 Å². The molecule has 0 spiro atoms. The minimum atomic E-state index is -0.119. The lowest BCUT2D eigenvalue weighted by Crippen LogP contribution is -2.13. The molecule has 148 valence electrons. The van der Waals surface area contributed by atoms with Gasteiger partial charge in [0, 0.05) is 28.7 Å². The van der Waals surface area contributed by atoms with Gasteiger partial charge in [0.1, 0.15) is 5.69 Å². The van der Waals surface area contributed by atoms with Gasteiger partial charge in [-0.2, -0.15) is 0 Å². The molecule has 0 amide bonds. The highest BCUT2D eigenvalue weighted by molar-refractivity contribution is 5.98. The number of rotatable bonds is 5. The van der Waals surface area contributed by atoms with Crippen LogP contribution in [0.15, 0.2) is 41.2 Å². The Bertz CT molecular complexity index is 1280. The molecule has 4 aromatic rings. The molecule has 5 rings (SSSR count). The highest BCUT2D eigenvalue weighted by atomic mass is 16.1. The molecule has 0 saturated heterocycles. The van der Waals surface area contributed by atoms with Crippen LogP contribution in [-0.2, 0) is 25.8 Å². The Hall–Kier alpha value is -2.92. The van der Waals surface area contributed by atoms with Crippen LogP contribution in [0.25, 0.3) is 33.2 Å². The summed E-state index contributed by atoms with van der Waals surface area (Å²) in [6.45, 7) is 3.63. The molecule has 3 N–H and O–H groups in total. The molecule has 1 aliphatic carbocycles. The monoisotopic (exact) mass is 386 g/mol. The van der Waals surface area contributed by atoms with E-state index in [9.17, 15) is 4.79 Å². The maximum atomic E-state index is 13.1. The van der Waals surface area contributed by atoms with Crippen LogP contribution in [0.2, 0.25) is 0 Å². The van der Waals surface area contributed by atoms with E-state index >= 15 is 0 Å². The molecule has 0 fully saturated rings. The summed E-state index contributed by atoms with van der Waals surface area (Å²) in [6.07, 6.45) is 5.09. The number of benzene rings is 2. The van der Waals surface area contributed by atoms with Gasteiger partial charge >= 0.3 is 0 Å². The van der Waals surface area contributed by atoms with E-state index < -0.39 is 0 Å². The van der Waals surface area contributed by atoms with Crippen LogP contribution >= 0.6 is 0 Å². The number of nitrogens with zero attached hydrogens (tertiary/aromatic N) is 2. The number of aryl methyl sites for hydroxylation is 3. The van der Waals surface area contributed by atoms with Gasteiger partial charge in [-0.25, -0.2) is 4.98 Å². The zero-order chi connectivity index (χ0) is 20.0. The fraction of sp³-hybridized carbons (Fsp3) is 0.333. The van der Waals surface area contributed by atoms with Crippen molar-refractivity contribution in [1.82, 2.24) is 14.5 Å². The second-order valence-electron chi connectivity index (χ2n) is 7.89. The summed E-state index contributed by atoms with van der Waals surface area (Å²) in [5.74, 6) is 0. The molecular weight excluding hydrogens is 360 g/mol. The van der Waals surface area contributed by atoms with Gasteiger partial charge in [-0.15, -0.1) is 0 Å². The third-order valence-corrected chi connectivity index (χ3v) is 6.14. The average Bonchev–Trinajstić information content (AvgIpc) is 3.31.